The van der Waals surface area contributed by atoms with E-state index in [0.29, 0.717) is 13.0 Å². The lowest BCUT2D eigenvalue weighted by Crippen LogP contribution is -3.15. The summed E-state index contributed by atoms with van der Waals surface area (Å²) in [5, 5.41) is 5.83. The Morgan fingerprint density at radius 3 is 2.29 bits per heavy atom. The standard InChI is InChI=1S/C22H28FN3O2/c1-15-6-5-7-16(2)21(15)25-20(27)14-26(4)17(3)22(28)24-13-12-18-8-10-19(23)11-9-18/h5-11,17H,12-14H2,1-4H3,(H,24,28)(H,25,27)/p+1/t17-/m1/s1. The van der Waals surface area contributed by atoms with Gasteiger partial charge in [0.15, 0.2) is 12.6 Å². The Morgan fingerprint density at radius 1 is 1.07 bits per heavy atom. The van der Waals surface area contributed by atoms with Crippen molar-refractivity contribution in [1.82, 2.24) is 5.32 Å². The summed E-state index contributed by atoms with van der Waals surface area (Å²) in [5.41, 5.74) is 3.81. The zero-order valence-electron chi connectivity index (χ0n) is 16.9. The molecular weight excluding hydrogens is 357 g/mol. The van der Waals surface area contributed by atoms with Crippen LogP contribution < -0.4 is 15.5 Å². The fraction of sp³-hybridized carbons (Fsp3) is 0.364. The summed E-state index contributed by atoms with van der Waals surface area (Å²) in [6.07, 6.45) is 0.630. The van der Waals surface area contributed by atoms with Gasteiger partial charge in [0, 0.05) is 12.2 Å². The van der Waals surface area contributed by atoms with E-state index in [1.54, 1.807) is 19.1 Å². The van der Waals surface area contributed by atoms with E-state index < -0.39 is 0 Å². The Hall–Kier alpha value is -2.73. The first kappa shape index (κ1) is 21.6. The van der Waals surface area contributed by atoms with E-state index in [4.69, 9.17) is 0 Å². The number of hydrogen-bond donors (Lipinski definition) is 3. The number of hydrogen-bond acceptors (Lipinski definition) is 2. The van der Waals surface area contributed by atoms with Gasteiger partial charge in [0.1, 0.15) is 5.82 Å². The summed E-state index contributed by atoms with van der Waals surface area (Å²) in [4.78, 5) is 25.5. The minimum atomic E-state index is -0.364. The van der Waals surface area contributed by atoms with Gasteiger partial charge in [0.25, 0.3) is 11.8 Å². The van der Waals surface area contributed by atoms with Crippen molar-refractivity contribution < 1.29 is 18.9 Å². The second kappa shape index (κ2) is 9.99. The molecule has 0 saturated carbocycles. The third kappa shape index (κ3) is 6.16. The summed E-state index contributed by atoms with van der Waals surface area (Å²) in [6.45, 7) is 6.37. The number of para-hydroxylation sites is 1. The van der Waals surface area contributed by atoms with E-state index in [0.717, 1.165) is 27.3 Å². The molecule has 5 nitrogen and oxygen atoms in total. The van der Waals surface area contributed by atoms with Crippen LogP contribution in [0.3, 0.4) is 0 Å². The number of likely N-dealkylation sites (N-methyl/N-ethyl adjacent to an activating group) is 1. The van der Waals surface area contributed by atoms with Crippen molar-refractivity contribution in [3.05, 3.63) is 65.0 Å². The molecule has 2 atom stereocenters. The predicted molar refractivity (Wildman–Crippen MR) is 109 cm³/mol. The van der Waals surface area contributed by atoms with Crippen LogP contribution in [0.1, 0.15) is 23.6 Å². The SMILES string of the molecule is Cc1cccc(C)c1NC(=O)C[NH+](C)[C@H](C)C(=O)NCCc1ccc(F)cc1. The number of carbonyl (C=O) groups excluding carboxylic acids is 2. The number of nitrogens with one attached hydrogen (secondary N) is 3. The second-order valence-electron chi connectivity index (χ2n) is 7.23. The predicted octanol–water partition coefficient (Wildman–Crippen LogP) is 1.64. The molecule has 3 N–H and O–H groups in total. The lowest BCUT2D eigenvalue weighted by molar-refractivity contribution is -0.885. The summed E-state index contributed by atoms with van der Waals surface area (Å²) in [5.74, 6) is -0.508. The molecule has 0 aliphatic carbocycles. The molecule has 2 rings (SSSR count). The topological polar surface area (TPSA) is 62.6 Å². The van der Waals surface area contributed by atoms with Crippen molar-refractivity contribution >= 4 is 17.5 Å². The van der Waals surface area contributed by atoms with E-state index in [1.165, 1.54) is 12.1 Å². The van der Waals surface area contributed by atoms with Gasteiger partial charge < -0.3 is 15.5 Å². The Balaban J connectivity index is 1.80. The molecule has 0 fully saturated rings. The number of anilines is 1. The Labute approximate surface area is 165 Å². The Bertz CT molecular complexity index is 801. The minimum Gasteiger partial charge on any atom is -0.351 e. The van der Waals surface area contributed by atoms with Crippen LogP contribution in [0, 0.1) is 19.7 Å². The summed E-state index contributed by atoms with van der Waals surface area (Å²) in [6, 6.07) is 11.7. The smallest absolute Gasteiger partial charge is 0.279 e. The number of benzene rings is 2. The first-order valence-electron chi connectivity index (χ1n) is 9.48. The van der Waals surface area contributed by atoms with Crippen molar-refractivity contribution in [2.24, 2.45) is 0 Å². The zero-order valence-corrected chi connectivity index (χ0v) is 16.9. The second-order valence-corrected chi connectivity index (χ2v) is 7.23. The minimum absolute atomic E-state index is 0.112. The summed E-state index contributed by atoms with van der Waals surface area (Å²) < 4.78 is 12.9. The number of amides is 2. The molecule has 0 bridgehead atoms. The highest BCUT2D eigenvalue weighted by Gasteiger charge is 2.23. The molecule has 0 spiro atoms. The van der Waals surface area contributed by atoms with Gasteiger partial charge in [-0.2, -0.15) is 0 Å². The molecule has 2 amide bonds. The van der Waals surface area contributed by atoms with Crippen LogP contribution >= 0.6 is 0 Å². The molecule has 2 aromatic carbocycles. The average Bonchev–Trinajstić information content (AvgIpc) is 2.65. The first-order chi connectivity index (χ1) is 13.3. The van der Waals surface area contributed by atoms with Crippen molar-refractivity contribution in [3.63, 3.8) is 0 Å². The van der Waals surface area contributed by atoms with Crippen LogP contribution in [0.2, 0.25) is 0 Å². The zero-order chi connectivity index (χ0) is 20.7. The Kier molecular flexibility index (Phi) is 7.70. The maximum absolute atomic E-state index is 12.9. The highest BCUT2D eigenvalue weighted by Crippen LogP contribution is 2.18. The van der Waals surface area contributed by atoms with Crippen molar-refractivity contribution in [2.75, 3.05) is 25.5 Å². The highest BCUT2D eigenvalue weighted by molar-refractivity contribution is 5.93. The number of aryl methyl sites for hydroxylation is 2. The number of halogens is 1. The quantitative estimate of drug-likeness (QED) is 0.646. The van der Waals surface area contributed by atoms with Gasteiger partial charge in [-0.15, -0.1) is 0 Å². The maximum atomic E-state index is 12.9. The molecule has 0 heterocycles. The largest absolute Gasteiger partial charge is 0.351 e. The van der Waals surface area contributed by atoms with E-state index in [-0.39, 0.29) is 30.2 Å². The fourth-order valence-corrected chi connectivity index (χ4v) is 2.96. The Morgan fingerprint density at radius 2 is 1.68 bits per heavy atom. The first-order valence-corrected chi connectivity index (χ1v) is 9.48. The number of quaternary nitrogens is 1. The van der Waals surface area contributed by atoms with Crippen LogP contribution in [0.4, 0.5) is 10.1 Å². The summed E-state index contributed by atoms with van der Waals surface area (Å²) in [7, 11) is 1.83. The monoisotopic (exact) mass is 386 g/mol. The van der Waals surface area contributed by atoms with Gasteiger partial charge >= 0.3 is 0 Å². The van der Waals surface area contributed by atoms with E-state index in [1.807, 2.05) is 39.1 Å². The van der Waals surface area contributed by atoms with Gasteiger partial charge in [-0.05, 0) is 56.0 Å². The number of rotatable bonds is 8. The molecule has 0 aliphatic rings. The van der Waals surface area contributed by atoms with Crippen molar-refractivity contribution in [2.45, 2.75) is 33.2 Å². The van der Waals surface area contributed by atoms with Gasteiger partial charge in [-0.3, -0.25) is 9.59 Å². The van der Waals surface area contributed by atoms with Crippen LogP contribution in [0.15, 0.2) is 42.5 Å². The number of carbonyl (C=O) groups is 2. The maximum Gasteiger partial charge on any atom is 0.279 e. The molecular formula is C22H29FN3O2+. The van der Waals surface area contributed by atoms with Gasteiger partial charge in [-0.25, -0.2) is 4.39 Å². The third-order valence-corrected chi connectivity index (χ3v) is 4.94. The molecule has 150 valence electrons. The van der Waals surface area contributed by atoms with Gasteiger partial charge in [-0.1, -0.05) is 30.3 Å². The molecule has 1 unspecified atom stereocenters. The molecule has 0 saturated heterocycles. The third-order valence-electron chi connectivity index (χ3n) is 4.94. The molecule has 28 heavy (non-hydrogen) atoms. The van der Waals surface area contributed by atoms with E-state index >= 15 is 0 Å². The normalized spacial score (nSPS) is 12.9. The van der Waals surface area contributed by atoms with Crippen molar-refractivity contribution in [1.29, 1.82) is 0 Å². The van der Waals surface area contributed by atoms with Gasteiger partial charge in [0.05, 0.1) is 7.05 Å². The van der Waals surface area contributed by atoms with E-state index in [9.17, 15) is 14.0 Å². The highest BCUT2D eigenvalue weighted by atomic mass is 19.1. The van der Waals surface area contributed by atoms with Crippen molar-refractivity contribution in [3.8, 4) is 0 Å². The summed E-state index contributed by atoms with van der Waals surface area (Å²) >= 11 is 0. The molecule has 0 aliphatic heterocycles. The fourth-order valence-electron chi connectivity index (χ4n) is 2.96. The molecule has 2 aromatic rings. The average molecular weight is 386 g/mol. The van der Waals surface area contributed by atoms with Crippen LogP contribution in [0.5, 0.6) is 0 Å². The lowest BCUT2D eigenvalue weighted by Gasteiger charge is -2.21. The molecule has 0 aromatic heterocycles. The van der Waals surface area contributed by atoms with Crippen LogP contribution in [0.25, 0.3) is 0 Å². The lowest BCUT2D eigenvalue weighted by atomic mass is 10.1. The van der Waals surface area contributed by atoms with Gasteiger partial charge in [0.2, 0.25) is 0 Å². The van der Waals surface area contributed by atoms with Crippen LogP contribution in [-0.4, -0.2) is 38.0 Å². The van der Waals surface area contributed by atoms with E-state index in [2.05, 4.69) is 10.6 Å². The molecule has 0 radical (unpaired) electrons. The van der Waals surface area contributed by atoms with Crippen LogP contribution in [-0.2, 0) is 16.0 Å². The molecule has 6 heteroatoms.